The molecule has 0 unspecified atom stereocenters. The quantitative estimate of drug-likeness (QED) is 0.876. The van der Waals surface area contributed by atoms with Crippen molar-refractivity contribution >= 4 is 38.6 Å². The molecule has 96 valence electrons. The fourth-order valence-electron chi connectivity index (χ4n) is 1.33. The molecular weight excluding hydrogens is 299 g/mol. The van der Waals surface area contributed by atoms with Crippen LogP contribution in [0.2, 0.25) is 4.47 Å². The Balaban J connectivity index is 2.46. The van der Waals surface area contributed by atoms with E-state index < -0.39 is 15.8 Å². The van der Waals surface area contributed by atoms with Crippen molar-refractivity contribution in [2.24, 2.45) is 0 Å². The summed E-state index contributed by atoms with van der Waals surface area (Å²) in [4.78, 5) is 3.67. The van der Waals surface area contributed by atoms with E-state index in [2.05, 4.69) is 4.98 Å². The number of aromatic nitrogens is 1. The van der Waals surface area contributed by atoms with Crippen LogP contribution in [0.15, 0.2) is 34.7 Å². The van der Waals surface area contributed by atoms with Crippen LogP contribution in [-0.4, -0.2) is 20.4 Å². The lowest BCUT2D eigenvalue weighted by molar-refractivity contribution is 0.591. The van der Waals surface area contributed by atoms with E-state index in [1.165, 1.54) is 25.2 Å². The highest BCUT2D eigenvalue weighted by molar-refractivity contribution is 7.94. The number of thiazole rings is 1. The summed E-state index contributed by atoms with van der Waals surface area (Å²) in [5.74, 6) is -0.612. The zero-order chi connectivity index (χ0) is 13.3. The van der Waals surface area contributed by atoms with Crippen LogP contribution in [0.3, 0.4) is 0 Å². The minimum Gasteiger partial charge on any atom is -0.266 e. The van der Waals surface area contributed by atoms with Crippen LogP contribution in [0, 0.1) is 5.82 Å². The second kappa shape index (κ2) is 4.83. The summed E-state index contributed by atoms with van der Waals surface area (Å²) in [6.45, 7) is 0. The molecule has 0 aliphatic carbocycles. The molecule has 2 rings (SSSR count). The van der Waals surface area contributed by atoms with Crippen LogP contribution in [0.4, 0.5) is 10.1 Å². The minimum absolute atomic E-state index is 0.0259. The SMILES string of the molecule is CN(c1ccccc1F)S(=O)(=O)c1cnc(Cl)s1. The molecule has 1 aromatic carbocycles. The molecule has 0 aliphatic heterocycles. The van der Waals surface area contributed by atoms with E-state index in [0.29, 0.717) is 0 Å². The molecule has 0 spiro atoms. The van der Waals surface area contributed by atoms with Gasteiger partial charge in [-0.1, -0.05) is 35.1 Å². The Kier molecular flexibility index (Phi) is 3.56. The van der Waals surface area contributed by atoms with Crippen LogP contribution in [-0.2, 0) is 10.0 Å². The van der Waals surface area contributed by atoms with E-state index in [4.69, 9.17) is 11.6 Å². The Morgan fingerprint density at radius 3 is 2.61 bits per heavy atom. The number of hydrogen-bond donors (Lipinski definition) is 0. The summed E-state index contributed by atoms with van der Waals surface area (Å²) < 4.78 is 38.8. The van der Waals surface area contributed by atoms with E-state index in [1.54, 1.807) is 6.07 Å². The van der Waals surface area contributed by atoms with Crippen molar-refractivity contribution in [1.82, 2.24) is 4.98 Å². The van der Waals surface area contributed by atoms with Crippen molar-refractivity contribution in [3.63, 3.8) is 0 Å². The first-order valence-corrected chi connectivity index (χ1v) is 7.41. The zero-order valence-corrected chi connectivity index (χ0v) is 11.6. The fraction of sp³-hybridized carbons (Fsp3) is 0.100. The fourth-order valence-corrected chi connectivity index (χ4v) is 4.00. The molecule has 0 atom stereocenters. The van der Waals surface area contributed by atoms with Gasteiger partial charge in [-0.3, -0.25) is 4.31 Å². The van der Waals surface area contributed by atoms with Crippen molar-refractivity contribution in [2.75, 3.05) is 11.4 Å². The first-order chi connectivity index (χ1) is 8.43. The van der Waals surface area contributed by atoms with E-state index in [9.17, 15) is 12.8 Å². The maximum Gasteiger partial charge on any atom is 0.275 e. The van der Waals surface area contributed by atoms with Gasteiger partial charge in [-0.2, -0.15) is 0 Å². The van der Waals surface area contributed by atoms with Gasteiger partial charge in [-0.15, -0.1) is 0 Å². The summed E-state index contributed by atoms with van der Waals surface area (Å²) >= 11 is 6.42. The van der Waals surface area contributed by atoms with Crippen molar-refractivity contribution < 1.29 is 12.8 Å². The predicted octanol–water partition coefficient (Wildman–Crippen LogP) is 2.76. The second-order valence-electron chi connectivity index (χ2n) is 3.36. The summed E-state index contributed by atoms with van der Waals surface area (Å²) in [7, 11) is -2.55. The summed E-state index contributed by atoms with van der Waals surface area (Å²) in [5, 5.41) is 0. The summed E-state index contributed by atoms with van der Waals surface area (Å²) in [6, 6.07) is 5.63. The third kappa shape index (κ3) is 2.33. The number of hydrogen-bond acceptors (Lipinski definition) is 4. The second-order valence-corrected chi connectivity index (χ2v) is 7.17. The molecule has 8 heteroatoms. The monoisotopic (exact) mass is 306 g/mol. The van der Waals surface area contributed by atoms with Gasteiger partial charge < -0.3 is 0 Å². The summed E-state index contributed by atoms with van der Waals surface area (Å²) in [5.41, 5.74) is -0.0259. The highest BCUT2D eigenvalue weighted by Gasteiger charge is 2.25. The molecule has 2 aromatic rings. The molecule has 1 aromatic heterocycles. The predicted molar refractivity (Wildman–Crippen MR) is 69.1 cm³/mol. The zero-order valence-electron chi connectivity index (χ0n) is 9.17. The highest BCUT2D eigenvalue weighted by Crippen LogP contribution is 2.29. The van der Waals surface area contributed by atoms with Gasteiger partial charge in [0.25, 0.3) is 10.0 Å². The Morgan fingerprint density at radius 1 is 1.39 bits per heavy atom. The molecule has 0 saturated carbocycles. The molecule has 0 radical (unpaired) electrons. The van der Waals surface area contributed by atoms with Gasteiger partial charge in [0.1, 0.15) is 5.82 Å². The normalized spacial score (nSPS) is 11.5. The minimum atomic E-state index is -3.83. The van der Waals surface area contributed by atoms with Gasteiger partial charge in [0.2, 0.25) is 0 Å². The van der Waals surface area contributed by atoms with E-state index in [1.807, 2.05) is 0 Å². The van der Waals surface area contributed by atoms with Crippen molar-refractivity contribution in [3.8, 4) is 0 Å². The largest absolute Gasteiger partial charge is 0.275 e. The van der Waals surface area contributed by atoms with Gasteiger partial charge >= 0.3 is 0 Å². The van der Waals surface area contributed by atoms with E-state index in [-0.39, 0.29) is 14.4 Å². The lowest BCUT2D eigenvalue weighted by Gasteiger charge is -2.18. The maximum absolute atomic E-state index is 13.5. The van der Waals surface area contributed by atoms with E-state index in [0.717, 1.165) is 21.8 Å². The van der Waals surface area contributed by atoms with Gasteiger partial charge in [0.15, 0.2) is 8.68 Å². The number of sulfonamides is 1. The smallest absolute Gasteiger partial charge is 0.266 e. The van der Waals surface area contributed by atoms with Gasteiger partial charge in [0.05, 0.1) is 11.9 Å². The first-order valence-electron chi connectivity index (χ1n) is 4.77. The molecule has 0 saturated heterocycles. The van der Waals surface area contributed by atoms with Crippen LogP contribution < -0.4 is 4.31 Å². The molecule has 0 aliphatic rings. The Morgan fingerprint density at radius 2 is 2.06 bits per heavy atom. The third-order valence-electron chi connectivity index (χ3n) is 2.26. The molecular formula is C10H8ClFN2O2S2. The molecule has 0 bridgehead atoms. The van der Waals surface area contributed by atoms with Gasteiger partial charge in [-0.05, 0) is 12.1 Å². The highest BCUT2D eigenvalue weighted by atomic mass is 35.5. The standard InChI is InChI=1S/C10H8ClFN2O2S2/c1-14(8-5-3-2-4-7(8)12)18(15,16)9-6-13-10(11)17-9/h2-6H,1H3. The van der Waals surface area contributed by atoms with Crippen LogP contribution in [0.5, 0.6) is 0 Å². The summed E-state index contributed by atoms with van der Waals surface area (Å²) in [6.07, 6.45) is 1.15. The number of rotatable bonds is 3. The Bertz CT molecular complexity index is 672. The van der Waals surface area contributed by atoms with Gasteiger partial charge in [0, 0.05) is 7.05 Å². The third-order valence-corrected chi connectivity index (χ3v) is 5.59. The maximum atomic E-state index is 13.5. The lowest BCUT2D eigenvalue weighted by atomic mass is 10.3. The number of halogens is 2. The Labute approximate surface area is 113 Å². The van der Waals surface area contributed by atoms with Crippen LogP contribution in [0.1, 0.15) is 0 Å². The van der Waals surface area contributed by atoms with Crippen LogP contribution >= 0.6 is 22.9 Å². The number of benzene rings is 1. The molecule has 0 fully saturated rings. The molecule has 18 heavy (non-hydrogen) atoms. The molecule has 1 heterocycles. The van der Waals surface area contributed by atoms with E-state index >= 15 is 0 Å². The van der Waals surface area contributed by atoms with Gasteiger partial charge in [-0.25, -0.2) is 17.8 Å². The number of anilines is 1. The molecule has 4 nitrogen and oxygen atoms in total. The number of para-hydroxylation sites is 1. The average molecular weight is 307 g/mol. The first kappa shape index (κ1) is 13.3. The van der Waals surface area contributed by atoms with Crippen molar-refractivity contribution in [2.45, 2.75) is 4.21 Å². The Hall–Kier alpha value is -1.18. The topological polar surface area (TPSA) is 50.3 Å². The molecule has 0 N–H and O–H groups in total. The number of nitrogens with zero attached hydrogens (tertiary/aromatic N) is 2. The average Bonchev–Trinajstić information content (AvgIpc) is 2.76. The molecule has 0 amide bonds. The van der Waals surface area contributed by atoms with Crippen LogP contribution in [0.25, 0.3) is 0 Å². The van der Waals surface area contributed by atoms with Crippen molar-refractivity contribution in [1.29, 1.82) is 0 Å². The van der Waals surface area contributed by atoms with Crippen molar-refractivity contribution in [3.05, 3.63) is 40.7 Å². The lowest BCUT2D eigenvalue weighted by Crippen LogP contribution is -2.26.